The molecule has 5 nitrogen and oxygen atoms in total. The van der Waals surface area contributed by atoms with Gasteiger partial charge in [0.2, 0.25) is 0 Å². The van der Waals surface area contributed by atoms with Crippen molar-refractivity contribution in [3.05, 3.63) is 35.9 Å². The minimum Gasteiger partial charge on any atom is -0.501 e. The molecule has 1 aromatic rings. The van der Waals surface area contributed by atoms with E-state index in [0.29, 0.717) is 26.4 Å². The highest BCUT2D eigenvalue weighted by Crippen LogP contribution is 2.27. The predicted molar refractivity (Wildman–Crippen MR) is 74.0 cm³/mol. The van der Waals surface area contributed by atoms with Crippen LogP contribution in [0.3, 0.4) is 0 Å². The van der Waals surface area contributed by atoms with Crippen molar-refractivity contribution in [3.8, 4) is 0 Å². The minimum absolute atomic E-state index is 0.0147. The van der Waals surface area contributed by atoms with Crippen LogP contribution in [0.1, 0.15) is 24.6 Å². The van der Waals surface area contributed by atoms with Gasteiger partial charge in [-0.1, -0.05) is 0 Å². The second kappa shape index (κ2) is 5.71. The molecule has 0 spiro atoms. The van der Waals surface area contributed by atoms with E-state index in [0.717, 1.165) is 24.1 Å². The van der Waals surface area contributed by atoms with E-state index >= 15 is 0 Å². The quantitative estimate of drug-likeness (QED) is 0.824. The third-order valence-corrected chi connectivity index (χ3v) is 3.92. The molecule has 1 aromatic heterocycles. The zero-order valence-corrected chi connectivity index (χ0v) is 11.7. The Hall–Kier alpha value is -1.75. The molecule has 20 heavy (non-hydrogen) atoms. The van der Waals surface area contributed by atoms with E-state index in [2.05, 4.69) is 0 Å². The summed E-state index contributed by atoms with van der Waals surface area (Å²) in [4.78, 5) is 14.6. The molecular formula is C15H20N2O3. The highest BCUT2D eigenvalue weighted by molar-refractivity contribution is 5.93. The van der Waals surface area contributed by atoms with E-state index in [9.17, 15) is 4.79 Å². The number of nitrogens with zero attached hydrogens (tertiary/aromatic N) is 2. The summed E-state index contributed by atoms with van der Waals surface area (Å²) < 4.78 is 12.9. The van der Waals surface area contributed by atoms with Crippen molar-refractivity contribution in [2.45, 2.75) is 18.9 Å². The van der Waals surface area contributed by atoms with Crippen molar-refractivity contribution >= 4 is 5.91 Å². The maximum atomic E-state index is 12.7. The first-order chi connectivity index (χ1) is 9.77. The van der Waals surface area contributed by atoms with Gasteiger partial charge in [-0.05, 0) is 25.0 Å². The number of hydrogen-bond donors (Lipinski definition) is 0. The molecule has 1 amide bonds. The van der Waals surface area contributed by atoms with Crippen LogP contribution in [-0.4, -0.2) is 41.7 Å². The molecule has 5 heteroatoms. The summed E-state index contributed by atoms with van der Waals surface area (Å²) in [6.07, 6.45) is 5.34. The topological polar surface area (TPSA) is 43.7 Å². The third-order valence-electron chi connectivity index (χ3n) is 3.92. The van der Waals surface area contributed by atoms with Gasteiger partial charge < -0.3 is 18.9 Å². The molecule has 0 N–H and O–H groups in total. The number of carbonyl (C=O) groups is 1. The molecule has 0 aromatic carbocycles. The van der Waals surface area contributed by atoms with Crippen molar-refractivity contribution < 1.29 is 14.3 Å². The van der Waals surface area contributed by atoms with Crippen LogP contribution in [0.15, 0.2) is 30.2 Å². The fraction of sp³-hybridized carbons (Fsp3) is 0.533. The van der Waals surface area contributed by atoms with Crippen LogP contribution in [0, 0.1) is 0 Å². The molecule has 0 saturated carbocycles. The Bertz CT molecular complexity index is 521. The molecule has 1 atom stereocenters. The van der Waals surface area contributed by atoms with Gasteiger partial charge in [0.05, 0.1) is 37.7 Å². The van der Waals surface area contributed by atoms with Gasteiger partial charge in [0.1, 0.15) is 0 Å². The van der Waals surface area contributed by atoms with Crippen LogP contribution in [-0.2, 0) is 21.3 Å². The average Bonchev–Trinajstić information content (AvgIpc) is 2.93. The summed E-state index contributed by atoms with van der Waals surface area (Å²) in [5.74, 6) is 0.0826. The lowest BCUT2D eigenvalue weighted by Crippen LogP contribution is -2.44. The van der Waals surface area contributed by atoms with Gasteiger partial charge >= 0.3 is 0 Å². The van der Waals surface area contributed by atoms with Crippen molar-refractivity contribution in [1.82, 2.24) is 9.47 Å². The second-order valence-corrected chi connectivity index (χ2v) is 5.25. The Labute approximate surface area is 118 Å². The van der Waals surface area contributed by atoms with E-state index in [4.69, 9.17) is 9.47 Å². The van der Waals surface area contributed by atoms with E-state index < -0.39 is 0 Å². The number of morpholine rings is 1. The predicted octanol–water partition coefficient (Wildman–Crippen LogP) is 1.62. The van der Waals surface area contributed by atoms with Crippen molar-refractivity contribution in [3.63, 3.8) is 0 Å². The highest BCUT2D eigenvalue weighted by Gasteiger charge is 2.32. The van der Waals surface area contributed by atoms with Gasteiger partial charge in [-0.15, -0.1) is 0 Å². The monoisotopic (exact) mass is 276 g/mol. The maximum Gasteiger partial charge on any atom is 0.253 e. The fourth-order valence-electron chi connectivity index (χ4n) is 2.82. The Morgan fingerprint density at radius 2 is 2.30 bits per heavy atom. The Morgan fingerprint density at radius 1 is 1.40 bits per heavy atom. The van der Waals surface area contributed by atoms with Crippen LogP contribution < -0.4 is 0 Å². The van der Waals surface area contributed by atoms with Crippen LogP contribution >= 0.6 is 0 Å². The molecule has 108 valence electrons. The van der Waals surface area contributed by atoms with Crippen molar-refractivity contribution in [2.24, 2.45) is 7.05 Å². The molecule has 0 bridgehead atoms. The van der Waals surface area contributed by atoms with Crippen LogP contribution in [0.2, 0.25) is 0 Å². The highest BCUT2D eigenvalue weighted by atomic mass is 16.5. The summed E-state index contributed by atoms with van der Waals surface area (Å²) >= 11 is 0. The molecule has 2 aliphatic rings. The van der Waals surface area contributed by atoms with E-state index in [1.165, 1.54) is 0 Å². The second-order valence-electron chi connectivity index (χ2n) is 5.25. The zero-order chi connectivity index (χ0) is 13.9. The van der Waals surface area contributed by atoms with Crippen molar-refractivity contribution in [1.29, 1.82) is 0 Å². The number of aryl methyl sites for hydroxylation is 1. The molecule has 2 aliphatic heterocycles. The molecule has 0 unspecified atom stereocenters. The Kier molecular flexibility index (Phi) is 3.78. The number of amides is 1. The summed E-state index contributed by atoms with van der Waals surface area (Å²) in [6.45, 7) is 2.49. The van der Waals surface area contributed by atoms with Gasteiger partial charge in [0.25, 0.3) is 5.91 Å². The van der Waals surface area contributed by atoms with Gasteiger partial charge in [0.15, 0.2) is 0 Å². The first-order valence-electron chi connectivity index (χ1n) is 7.08. The lowest BCUT2D eigenvalue weighted by Gasteiger charge is -2.36. The van der Waals surface area contributed by atoms with Crippen LogP contribution in [0.25, 0.3) is 0 Å². The SMILES string of the molecule is Cn1cccc1[C@@H]1COCCN1C(=O)C1=COCCC1. The minimum atomic E-state index is -0.0147. The summed E-state index contributed by atoms with van der Waals surface area (Å²) in [5.41, 5.74) is 1.88. The van der Waals surface area contributed by atoms with E-state index in [-0.39, 0.29) is 11.9 Å². The van der Waals surface area contributed by atoms with E-state index in [1.54, 1.807) is 6.26 Å². The lowest BCUT2D eigenvalue weighted by molar-refractivity contribution is -0.136. The normalized spacial score (nSPS) is 23.1. The first kappa shape index (κ1) is 13.2. The third kappa shape index (κ3) is 2.45. The number of aromatic nitrogens is 1. The van der Waals surface area contributed by atoms with Crippen molar-refractivity contribution in [2.75, 3.05) is 26.4 Å². The number of ether oxygens (including phenoxy) is 2. The zero-order valence-electron chi connectivity index (χ0n) is 11.7. The molecule has 3 heterocycles. The largest absolute Gasteiger partial charge is 0.501 e. The molecule has 1 fully saturated rings. The van der Waals surface area contributed by atoms with Gasteiger partial charge in [-0.3, -0.25) is 4.79 Å². The first-order valence-corrected chi connectivity index (χ1v) is 7.08. The van der Waals surface area contributed by atoms with Gasteiger partial charge in [-0.2, -0.15) is 0 Å². The van der Waals surface area contributed by atoms with Crippen LogP contribution in [0.5, 0.6) is 0 Å². The maximum absolute atomic E-state index is 12.7. The Balaban J connectivity index is 1.83. The standard InChI is InChI=1S/C15H20N2O3/c1-16-6-2-5-13(16)14-11-20-9-7-17(14)15(18)12-4-3-8-19-10-12/h2,5-6,10,14H,3-4,7-9,11H2,1H3/t14-/m0/s1. The lowest BCUT2D eigenvalue weighted by atomic mass is 10.1. The number of rotatable bonds is 2. The molecule has 1 saturated heterocycles. The number of hydrogen-bond acceptors (Lipinski definition) is 3. The molecule has 0 radical (unpaired) electrons. The van der Waals surface area contributed by atoms with Crippen LogP contribution in [0.4, 0.5) is 0 Å². The molecule has 3 rings (SSSR count). The Morgan fingerprint density at radius 3 is 3.00 bits per heavy atom. The van der Waals surface area contributed by atoms with Gasteiger partial charge in [-0.25, -0.2) is 0 Å². The summed E-state index contributed by atoms with van der Waals surface area (Å²) in [6, 6.07) is 4.03. The van der Waals surface area contributed by atoms with Gasteiger partial charge in [0, 0.05) is 25.5 Å². The summed E-state index contributed by atoms with van der Waals surface area (Å²) in [7, 11) is 2.00. The summed E-state index contributed by atoms with van der Waals surface area (Å²) in [5, 5.41) is 0. The fourth-order valence-corrected chi connectivity index (χ4v) is 2.82. The van der Waals surface area contributed by atoms with E-state index in [1.807, 2.05) is 34.8 Å². The number of carbonyl (C=O) groups excluding carboxylic acids is 1. The molecular weight excluding hydrogens is 256 g/mol. The smallest absolute Gasteiger partial charge is 0.253 e. The molecule has 0 aliphatic carbocycles. The average molecular weight is 276 g/mol.